The molecular formula is C16H21N3O2. The monoisotopic (exact) mass is 287 g/mol. The van der Waals surface area contributed by atoms with Gasteiger partial charge in [0.2, 0.25) is 0 Å². The Morgan fingerprint density at radius 3 is 2.95 bits per heavy atom. The summed E-state index contributed by atoms with van der Waals surface area (Å²) in [7, 11) is 0. The van der Waals surface area contributed by atoms with Gasteiger partial charge in [-0.25, -0.2) is 4.98 Å². The molecule has 5 nitrogen and oxygen atoms in total. The molecule has 0 atom stereocenters. The summed E-state index contributed by atoms with van der Waals surface area (Å²) < 4.78 is 7.10. The van der Waals surface area contributed by atoms with Gasteiger partial charge < -0.3 is 9.14 Å². The lowest BCUT2D eigenvalue weighted by atomic mass is 10.3. The second-order valence-corrected chi connectivity index (χ2v) is 5.65. The van der Waals surface area contributed by atoms with Crippen LogP contribution in [0.4, 0.5) is 0 Å². The summed E-state index contributed by atoms with van der Waals surface area (Å²) in [5.74, 6) is -0.149. The van der Waals surface area contributed by atoms with Crippen LogP contribution in [0.3, 0.4) is 0 Å². The summed E-state index contributed by atoms with van der Waals surface area (Å²) >= 11 is 0. The third-order valence-corrected chi connectivity index (χ3v) is 3.71. The molecule has 0 spiro atoms. The van der Waals surface area contributed by atoms with E-state index in [1.54, 1.807) is 0 Å². The van der Waals surface area contributed by atoms with Gasteiger partial charge in [-0.15, -0.1) is 0 Å². The highest BCUT2D eigenvalue weighted by molar-refractivity contribution is 5.71. The molecule has 0 radical (unpaired) electrons. The number of nitrogens with zero attached hydrogens (tertiary/aromatic N) is 3. The largest absolute Gasteiger partial charge is 0.465 e. The lowest BCUT2D eigenvalue weighted by molar-refractivity contribution is -0.144. The number of ether oxygens (including phenoxy) is 1. The number of fused-ring (bicyclic) bond motifs is 1. The predicted molar refractivity (Wildman–Crippen MR) is 80.0 cm³/mol. The topological polar surface area (TPSA) is 46.8 Å². The highest BCUT2D eigenvalue weighted by atomic mass is 16.5. The molecule has 21 heavy (non-hydrogen) atoms. The highest BCUT2D eigenvalue weighted by Crippen LogP contribution is 2.28. The van der Waals surface area contributed by atoms with E-state index >= 15 is 0 Å². The number of carbonyl (C=O) groups is 1. The molecule has 112 valence electrons. The van der Waals surface area contributed by atoms with Crippen LogP contribution in [0.1, 0.15) is 31.0 Å². The maximum absolute atomic E-state index is 11.7. The van der Waals surface area contributed by atoms with E-state index in [1.807, 2.05) is 23.6 Å². The average Bonchev–Trinajstić information content (AvgIpc) is 3.20. The van der Waals surface area contributed by atoms with Crippen molar-refractivity contribution in [2.45, 2.75) is 39.3 Å². The van der Waals surface area contributed by atoms with E-state index in [4.69, 9.17) is 4.74 Å². The van der Waals surface area contributed by atoms with Gasteiger partial charge >= 0.3 is 5.97 Å². The van der Waals surface area contributed by atoms with Crippen molar-refractivity contribution in [1.82, 2.24) is 14.3 Å². The molecule has 1 aliphatic carbocycles. The number of carbonyl (C=O) groups excluding carboxylic acids is 1. The Kier molecular flexibility index (Phi) is 3.92. The molecule has 1 fully saturated rings. The van der Waals surface area contributed by atoms with Crippen molar-refractivity contribution in [2.75, 3.05) is 13.2 Å². The van der Waals surface area contributed by atoms with E-state index in [-0.39, 0.29) is 5.97 Å². The van der Waals surface area contributed by atoms with Crippen LogP contribution in [0.2, 0.25) is 0 Å². The molecule has 1 saturated carbocycles. The van der Waals surface area contributed by atoms with Crippen molar-refractivity contribution >= 4 is 11.6 Å². The fraction of sp³-hybridized carbons (Fsp3) is 0.500. The van der Waals surface area contributed by atoms with Gasteiger partial charge in [0.15, 0.2) is 0 Å². The molecule has 0 bridgehead atoms. The third-order valence-electron chi connectivity index (χ3n) is 3.71. The summed E-state index contributed by atoms with van der Waals surface area (Å²) in [4.78, 5) is 18.5. The van der Waals surface area contributed by atoms with Crippen molar-refractivity contribution < 1.29 is 9.53 Å². The molecule has 0 N–H and O–H groups in total. The highest BCUT2D eigenvalue weighted by Gasteiger charge is 2.31. The SMILES string of the molecule is CCOC(=O)CN(Cc1cn2cc(C)ccc2n1)C1CC1. The van der Waals surface area contributed by atoms with Gasteiger partial charge in [-0.05, 0) is 38.3 Å². The van der Waals surface area contributed by atoms with Crippen molar-refractivity contribution in [1.29, 1.82) is 0 Å². The molecule has 0 aromatic carbocycles. The number of pyridine rings is 1. The van der Waals surface area contributed by atoms with Crippen LogP contribution >= 0.6 is 0 Å². The van der Waals surface area contributed by atoms with E-state index in [0.717, 1.165) is 24.2 Å². The Labute approximate surface area is 124 Å². The van der Waals surface area contributed by atoms with Gasteiger partial charge in [0.05, 0.1) is 18.8 Å². The van der Waals surface area contributed by atoms with Gasteiger partial charge in [0, 0.05) is 25.0 Å². The number of rotatable bonds is 6. The minimum Gasteiger partial charge on any atom is -0.465 e. The number of hydrogen-bond donors (Lipinski definition) is 0. The maximum atomic E-state index is 11.7. The molecule has 1 aliphatic rings. The Morgan fingerprint density at radius 2 is 2.24 bits per heavy atom. The predicted octanol–water partition coefficient (Wildman–Crippen LogP) is 2.17. The first-order valence-corrected chi connectivity index (χ1v) is 7.49. The van der Waals surface area contributed by atoms with E-state index in [1.165, 1.54) is 5.56 Å². The molecule has 0 aliphatic heterocycles. The minimum atomic E-state index is -0.149. The van der Waals surface area contributed by atoms with Gasteiger partial charge in [0.1, 0.15) is 5.65 Å². The average molecular weight is 287 g/mol. The minimum absolute atomic E-state index is 0.149. The maximum Gasteiger partial charge on any atom is 0.320 e. The van der Waals surface area contributed by atoms with Crippen LogP contribution in [0.5, 0.6) is 0 Å². The summed E-state index contributed by atoms with van der Waals surface area (Å²) in [5.41, 5.74) is 3.15. The molecular weight excluding hydrogens is 266 g/mol. The number of hydrogen-bond acceptors (Lipinski definition) is 4. The molecule has 2 aromatic rings. The van der Waals surface area contributed by atoms with Gasteiger partial charge in [0.25, 0.3) is 0 Å². The number of imidazole rings is 1. The Balaban J connectivity index is 1.73. The summed E-state index contributed by atoms with van der Waals surface area (Å²) in [5, 5.41) is 0. The summed E-state index contributed by atoms with van der Waals surface area (Å²) in [6.45, 7) is 5.39. The van der Waals surface area contributed by atoms with Crippen molar-refractivity contribution in [2.24, 2.45) is 0 Å². The standard InChI is InChI=1S/C16H21N3O2/c1-3-21-16(20)11-18(14-5-6-14)9-13-10-19-8-12(2)4-7-15(19)17-13/h4,7-8,10,14H,3,5-6,9,11H2,1-2H3. The lowest BCUT2D eigenvalue weighted by Gasteiger charge is -2.19. The summed E-state index contributed by atoms with van der Waals surface area (Å²) in [6.07, 6.45) is 6.43. The first kappa shape index (κ1) is 14.1. The van der Waals surface area contributed by atoms with Crippen LogP contribution in [0.15, 0.2) is 24.5 Å². The zero-order valence-corrected chi connectivity index (χ0v) is 12.6. The van der Waals surface area contributed by atoms with E-state index in [9.17, 15) is 4.79 Å². The molecule has 0 unspecified atom stereocenters. The van der Waals surface area contributed by atoms with E-state index in [2.05, 4.69) is 29.1 Å². The van der Waals surface area contributed by atoms with Crippen LogP contribution in [-0.4, -0.2) is 39.4 Å². The van der Waals surface area contributed by atoms with Gasteiger partial charge in [-0.3, -0.25) is 9.69 Å². The van der Waals surface area contributed by atoms with Crippen LogP contribution in [-0.2, 0) is 16.1 Å². The van der Waals surface area contributed by atoms with E-state index < -0.39 is 0 Å². The fourth-order valence-corrected chi connectivity index (χ4v) is 2.57. The van der Waals surface area contributed by atoms with Crippen LogP contribution in [0.25, 0.3) is 5.65 Å². The van der Waals surface area contributed by atoms with Gasteiger partial charge in [-0.1, -0.05) is 6.07 Å². The molecule has 0 amide bonds. The number of esters is 1. The zero-order chi connectivity index (χ0) is 14.8. The second-order valence-electron chi connectivity index (χ2n) is 5.65. The molecule has 2 heterocycles. The van der Waals surface area contributed by atoms with E-state index in [0.29, 0.717) is 25.7 Å². The molecule has 5 heteroatoms. The smallest absolute Gasteiger partial charge is 0.320 e. The molecule has 0 saturated heterocycles. The summed E-state index contributed by atoms with van der Waals surface area (Å²) in [6, 6.07) is 4.58. The lowest BCUT2D eigenvalue weighted by Crippen LogP contribution is -2.32. The zero-order valence-electron chi connectivity index (χ0n) is 12.6. The third kappa shape index (κ3) is 3.42. The van der Waals surface area contributed by atoms with Crippen LogP contribution < -0.4 is 0 Å². The van der Waals surface area contributed by atoms with Gasteiger partial charge in [-0.2, -0.15) is 0 Å². The van der Waals surface area contributed by atoms with Crippen molar-refractivity contribution in [3.63, 3.8) is 0 Å². The number of aryl methyl sites for hydroxylation is 1. The second kappa shape index (κ2) is 5.85. The van der Waals surface area contributed by atoms with Crippen molar-refractivity contribution in [3.8, 4) is 0 Å². The molecule has 2 aromatic heterocycles. The Hall–Kier alpha value is -1.88. The first-order chi connectivity index (χ1) is 10.2. The number of aromatic nitrogens is 2. The Morgan fingerprint density at radius 1 is 1.43 bits per heavy atom. The van der Waals surface area contributed by atoms with Crippen LogP contribution in [0, 0.1) is 6.92 Å². The van der Waals surface area contributed by atoms with Crippen molar-refractivity contribution in [3.05, 3.63) is 35.8 Å². The normalized spacial score (nSPS) is 14.8. The first-order valence-electron chi connectivity index (χ1n) is 7.49. The fourth-order valence-electron chi connectivity index (χ4n) is 2.57. The molecule has 3 rings (SSSR count). The Bertz CT molecular complexity index is 646. The quantitative estimate of drug-likeness (QED) is 0.764.